The highest BCUT2D eigenvalue weighted by atomic mass is 16.5. The monoisotopic (exact) mass is 257 g/mol. The summed E-state index contributed by atoms with van der Waals surface area (Å²) < 4.78 is 5.51. The Labute approximate surface area is 113 Å². The average molecular weight is 257 g/mol. The lowest BCUT2D eigenvalue weighted by Crippen LogP contribution is -2.01. The first-order valence-electron chi connectivity index (χ1n) is 6.47. The van der Waals surface area contributed by atoms with Gasteiger partial charge in [0.05, 0.1) is 6.61 Å². The van der Waals surface area contributed by atoms with Gasteiger partial charge in [-0.05, 0) is 41.8 Å². The molecule has 1 unspecified atom stereocenters. The predicted molar refractivity (Wildman–Crippen MR) is 77.1 cm³/mol. The van der Waals surface area contributed by atoms with Crippen LogP contribution in [-0.2, 0) is 0 Å². The number of aliphatic hydroxyl groups is 1. The second kappa shape index (κ2) is 6.25. The molecule has 0 aliphatic heterocycles. The first-order chi connectivity index (χ1) is 9.20. The highest BCUT2D eigenvalue weighted by molar-refractivity contribution is 5.44. The second-order valence-corrected chi connectivity index (χ2v) is 4.49. The van der Waals surface area contributed by atoms with Gasteiger partial charge in [-0.3, -0.25) is 0 Å². The fourth-order valence-corrected chi connectivity index (χ4v) is 1.89. The molecule has 3 heteroatoms. The summed E-state index contributed by atoms with van der Waals surface area (Å²) >= 11 is 0. The Morgan fingerprint density at radius 1 is 1.11 bits per heavy atom. The van der Waals surface area contributed by atoms with Crippen LogP contribution in [-0.4, -0.2) is 11.7 Å². The Balaban J connectivity index is 2.13. The van der Waals surface area contributed by atoms with Gasteiger partial charge >= 0.3 is 0 Å². The van der Waals surface area contributed by atoms with Gasteiger partial charge in [0, 0.05) is 5.69 Å². The van der Waals surface area contributed by atoms with Crippen LogP contribution in [0.2, 0.25) is 0 Å². The van der Waals surface area contributed by atoms with E-state index in [-0.39, 0.29) is 0 Å². The molecule has 0 saturated carbocycles. The summed E-state index contributed by atoms with van der Waals surface area (Å²) in [6.07, 6.45) is 0.317. The zero-order valence-electron chi connectivity index (χ0n) is 11.0. The van der Waals surface area contributed by atoms with Crippen molar-refractivity contribution in [2.45, 2.75) is 19.4 Å². The Hall–Kier alpha value is -2.00. The molecule has 0 amide bonds. The van der Waals surface area contributed by atoms with E-state index >= 15 is 0 Å². The number of benzene rings is 2. The van der Waals surface area contributed by atoms with Crippen molar-refractivity contribution in [3.05, 3.63) is 59.7 Å². The van der Waals surface area contributed by atoms with Gasteiger partial charge in [-0.25, -0.2) is 0 Å². The average Bonchev–Trinajstić information content (AvgIpc) is 2.45. The van der Waals surface area contributed by atoms with Crippen LogP contribution in [0.5, 0.6) is 5.75 Å². The maximum absolute atomic E-state index is 10.3. The summed E-state index contributed by atoms with van der Waals surface area (Å²) in [6, 6.07) is 14.8. The quantitative estimate of drug-likeness (QED) is 0.809. The van der Waals surface area contributed by atoms with E-state index in [0.717, 1.165) is 23.3 Å². The van der Waals surface area contributed by atoms with Gasteiger partial charge in [0.25, 0.3) is 0 Å². The van der Waals surface area contributed by atoms with E-state index in [2.05, 4.69) is 6.92 Å². The van der Waals surface area contributed by atoms with Crippen LogP contribution in [0.1, 0.15) is 30.6 Å². The minimum atomic E-state index is -0.663. The largest absolute Gasteiger partial charge is 0.494 e. The van der Waals surface area contributed by atoms with Gasteiger partial charge < -0.3 is 15.6 Å². The summed E-state index contributed by atoms with van der Waals surface area (Å²) in [7, 11) is 0. The summed E-state index contributed by atoms with van der Waals surface area (Å²) in [5, 5.41) is 10.3. The van der Waals surface area contributed by atoms with Crippen LogP contribution in [0, 0.1) is 0 Å². The van der Waals surface area contributed by atoms with Gasteiger partial charge in [-0.2, -0.15) is 0 Å². The molecule has 2 aromatic rings. The lowest BCUT2D eigenvalue weighted by Gasteiger charge is -2.13. The van der Waals surface area contributed by atoms with Gasteiger partial charge in [0.1, 0.15) is 11.9 Å². The number of hydrogen-bond donors (Lipinski definition) is 2. The zero-order chi connectivity index (χ0) is 13.7. The molecule has 0 saturated heterocycles. The third-order valence-corrected chi connectivity index (χ3v) is 2.90. The van der Waals surface area contributed by atoms with Crippen molar-refractivity contribution >= 4 is 5.69 Å². The van der Waals surface area contributed by atoms with Crippen molar-refractivity contribution in [3.8, 4) is 5.75 Å². The summed E-state index contributed by atoms with van der Waals surface area (Å²) in [5.74, 6) is 0.824. The number of hydrogen-bond acceptors (Lipinski definition) is 3. The van der Waals surface area contributed by atoms with Gasteiger partial charge in [0.15, 0.2) is 0 Å². The molecule has 100 valence electrons. The van der Waals surface area contributed by atoms with E-state index in [1.165, 1.54) is 0 Å². The molecular weight excluding hydrogens is 238 g/mol. The normalized spacial score (nSPS) is 12.1. The fourth-order valence-electron chi connectivity index (χ4n) is 1.89. The SMILES string of the molecule is CCCOc1ccc(C(O)c2cccc(N)c2)cc1. The summed E-state index contributed by atoms with van der Waals surface area (Å²) in [6.45, 7) is 2.77. The van der Waals surface area contributed by atoms with Crippen LogP contribution in [0.25, 0.3) is 0 Å². The van der Waals surface area contributed by atoms with Crippen molar-refractivity contribution in [2.24, 2.45) is 0 Å². The highest BCUT2D eigenvalue weighted by Gasteiger charge is 2.10. The van der Waals surface area contributed by atoms with Gasteiger partial charge in [-0.1, -0.05) is 31.2 Å². The van der Waals surface area contributed by atoms with Crippen molar-refractivity contribution < 1.29 is 9.84 Å². The van der Waals surface area contributed by atoms with Crippen LogP contribution < -0.4 is 10.5 Å². The molecule has 3 nitrogen and oxygen atoms in total. The maximum atomic E-state index is 10.3. The number of nitrogens with two attached hydrogens (primary N) is 1. The molecule has 1 atom stereocenters. The van der Waals surface area contributed by atoms with Gasteiger partial charge in [-0.15, -0.1) is 0 Å². The first kappa shape index (κ1) is 13.4. The molecule has 2 rings (SSSR count). The molecule has 0 fully saturated rings. The first-order valence-corrected chi connectivity index (χ1v) is 6.47. The van der Waals surface area contributed by atoms with Gasteiger partial charge in [0.2, 0.25) is 0 Å². The van der Waals surface area contributed by atoms with E-state index < -0.39 is 6.10 Å². The van der Waals surface area contributed by atoms with Crippen molar-refractivity contribution in [1.82, 2.24) is 0 Å². The summed E-state index contributed by atoms with van der Waals surface area (Å²) in [5.41, 5.74) is 8.00. The molecule has 19 heavy (non-hydrogen) atoms. The van der Waals surface area contributed by atoms with Crippen LogP contribution in [0.3, 0.4) is 0 Å². The standard InChI is InChI=1S/C16H19NO2/c1-2-10-19-15-8-6-12(7-9-15)16(18)13-4-3-5-14(17)11-13/h3-9,11,16,18H,2,10,17H2,1H3. The topological polar surface area (TPSA) is 55.5 Å². The molecule has 3 N–H and O–H groups in total. The van der Waals surface area contributed by atoms with E-state index in [9.17, 15) is 5.11 Å². The molecule has 0 aliphatic carbocycles. The Kier molecular flexibility index (Phi) is 4.42. The molecule has 0 aromatic heterocycles. The molecule has 0 aliphatic rings. The Bertz CT molecular complexity index is 523. The van der Waals surface area contributed by atoms with Crippen molar-refractivity contribution in [2.75, 3.05) is 12.3 Å². The van der Waals surface area contributed by atoms with Crippen LogP contribution >= 0.6 is 0 Å². The van der Waals surface area contributed by atoms with E-state index in [4.69, 9.17) is 10.5 Å². The lowest BCUT2D eigenvalue weighted by molar-refractivity contribution is 0.220. The van der Waals surface area contributed by atoms with E-state index in [1.807, 2.05) is 36.4 Å². The lowest BCUT2D eigenvalue weighted by atomic mass is 10.0. The zero-order valence-corrected chi connectivity index (χ0v) is 11.0. The van der Waals surface area contributed by atoms with E-state index in [0.29, 0.717) is 12.3 Å². The second-order valence-electron chi connectivity index (χ2n) is 4.49. The minimum Gasteiger partial charge on any atom is -0.494 e. The predicted octanol–water partition coefficient (Wildman–Crippen LogP) is 3.14. The smallest absolute Gasteiger partial charge is 0.119 e. The third kappa shape index (κ3) is 3.48. The molecule has 0 bridgehead atoms. The minimum absolute atomic E-state index is 0.652. The third-order valence-electron chi connectivity index (χ3n) is 2.90. The molecule has 0 radical (unpaired) electrons. The molecule has 0 heterocycles. The number of aliphatic hydroxyl groups excluding tert-OH is 1. The maximum Gasteiger partial charge on any atom is 0.119 e. The van der Waals surface area contributed by atoms with Crippen molar-refractivity contribution in [1.29, 1.82) is 0 Å². The van der Waals surface area contributed by atoms with Crippen LogP contribution in [0.15, 0.2) is 48.5 Å². The van der Waals surface area contributed by atoms with Crippen LogP contribution in [0.4, 0.5) is 5.69 Å². The number of ether oxygens (including phenoxy) is 1. The fraction of sp³-hybridized carbons (Fsp3) is 0.250. The highest BCUT2D eigenvalue weighted by Crippen LogP contribution is 2.25. The summed E-state index contributed by atoms with van der Waals surface area (Å²) in [4.78, 5) is 0. The molecule has 2 aromatic carbocycles. The number of nitrogen functional groups attached to an aromatic ring is 1. The molecular formula is C16H19NO2. The Morgan fingerprint density at radius 2 is 1.84 bits per heavy atom. The van der Waals surface area contributed by atoms with Crippen molar-refractivity contribution in [3.63, 3.8) is 0 Å². The van der Waals surface area contributed by atoms with E-state index in [1.54, 1.807) is 12.1 Å². The molecule has 0 spiro atoms. The number of rotatable bonds is 5. The Morgan fingerprint density at radius 3 is 2.47 bits per heavy atom. The number of anilines is 1.